The maximum Gasteiger partial charge on any atom is 0.161 e. The lowest BCUT2D eigenvalue weighted by Gasteiger charge is -2.21. The number of benzene rings is 1. The monoisotopic (exact) mass is 274 g/mol. The van der Waals surface area contributed by atoms with E-state index < -0.39 is 0 Å². The Morgan fingerprint density at radius 1 is 1.25 bits per heavy atom. The van der Waals surface area contributed by atoms with Gasteiger partial charge < -0.3 is 14.2 Å². The fraction of sp³-hybridized carbons (Fsp3) is 0.533. The maximum absolute atomic E-state index is 9.33. The van der Waals surface area contributed by atoms with E-state index in [1.165, 1.54) is 0 Å². The summed E-state index contributed by atoms with van der Waals surface area (Å²) in [5.41, 5.74) is 0.898. The van der Waals surface area contributed by atoms with Crippen LogP contribution in [0.5, 0.6) is 11.5 Å². The Bertz CT molecular complexity index is 506. The van der Waals surface area contributed by atoms with Gasteiger partial charge in [0.2, 0.25) is 0 Å². The predicted octanol–water partition coefficient (Wildman–Crippen LogP) is 1.79. The molecule has 20 heavy (non-hydrogen) atoms. The molecule has 1 aromatic carbocycles. The minimum Gasteiger partial charge on any atom is -0.486 e. The number of fused-ring (bicyclic) bond motifs is 1. The van der Waals surface area contributed by atoms with E-state index in [0.717, 1.165) is 30.8 Å². The third-order valence-electron chi connectivity index (χ3n) is 3.60. The number of hydrogen-bond donors (Lipinski definition) is 1. The summed E-state index contributed by atoms with van der Waals surface area (Å²) in [7, 11) is 0. The van der Waals surface area contributed by atoms with Crippen LogP contribution < -0.4 is 14.8 Å². The maximum atomic E-state index is 9.33. The zero-order valence-corrected chi connectivity index (χ0v) is 11.3. The molecule has 0 aromatic heterocycles. The van der Waals surface area contributed by atoms with Crippen molar-refractivity contribution in [3.8, 4) is 17.6 Å². The van der Waals surface area contributed by atoms with Gasteiger partial charge in [-0.25, -0.2) is 0 Å². The average Bonchev–Trinajstić information content (AvgIpc) is 3.01. The van der Waals surface area contributed by atoms with Crippen LogP contribution >= 0.6 is 0 Å². The molecule has 0 saturated carbocycles. The van der Waals surface area contributed by atoms with E-state index in [1.807, 2.05) is 18.2 Å². The minimum atomic E-state index is -0.352. The van der Waals surface area contributed by atoms with Crippen LogP contribution in [0.15, 0.2) is 18.2 Å². The summed E-state index contributed by atoms with van der Waals surface area (Å²) in [6.07, 6.45) is 2.39. The molecule has 2 heterocycles. The first kappa shape index (κ1) is 13.2. The second kappa shape index (κ2) is 6.12. The Balaban J connectivity index is 1.67. The van der Waals surface area contributed by atoms with Crippen molar-refractivity contribution in [2.45, 2.75) is 25.0 Å². The molecule has 1 aromatic rings. The molecule has 0 radical (unpaired) electrons. The molecule has 2 aliphatic heterocycles. The molecule has 0 amide bonds. The molecule has 2 atom stereocenters. The van der Waals surface area contributed by atoms with Crippen molar-refractivity contribution >= 4 is 0 Å². The second-order valence-electron chi connectivity index (χ2n) is 5.01. The van der Waals surface area contributed by atoms with Crippen LogP contribution in [0.3, 0.4) is 0 Å². The topological polar surface area (TPSA) is 63.5 Å². The Morgan fingerprint density at radius 3 is 2.85 bits per heavy atom. The van der Waals surface area contributed by atoms with Gasteiger partial charge in [0.1, 0.15) is 19.3 Å². The second-order valence-corrected chi connectivity index (χ2v) is 5.01. The quantitative estimate of drug-likeness (QED) is 0.907. The Morgan fingerprint density at radius 2 is 2.10 bits per heavy atom. The molecule has 1 N–H and O–H groups in total. The van der Waals surface area contributed by atoms with Crippen LogP contribution in [0, 0.1) is 11.3 Å². The summed E-state index contributed by atoms with van der Waals surface area (Å²) < 4.78 is 16.6. The van der Waals surface area contributed by atoms with Crippen LogP contribution in [0.4, 0.5) is 0 Å². The predicted molar refractivity (Wildman–Crippen MR) is 72.8 cm³/mol. The molecular weight excluding hydrogens is 256 g/mol. The summed E-state index contributed by atoms with van der Waals surface area (Å²) >= 11 is 0. The molecule has 0 bridgehead atoms. The third kappa shape index (κ3) is 2.87. The van der Waals surface area contributed by atoms with Crippen LogP contribution in [0.2, 0.25) is 0 Å². The number of hydrogen-bond acceptors (Lipinski definition) is 5. The minimum absolute atomic E-state index is 0.225. The van der Waals surface area contributed by atoms with Crippen molar-refractivity contribution in [1.82, 2.24) is 5.32 Å². The van der Waals surface area contributed by atoms with Gasteiger partial charge in [0.25, 0.3) is 0 Å². The molecule has 2 unspecified atom stereocenters. The Hall–Kier alpha value is -1.77. The van der Waals surface area contributed by atoms with Crippen LogP contribution in [-0.4, -0.2) is 32.5 Å². The average molecular weight is 274 g/mol. The van der Waals surface area contributed by atoms with E-state index in [0.29, 0.717) is 25.5 Å². The highest BCUT2D eigenvalue weighted by Gasteiger charge is 2.20. The SMILES string of the molecule is N#CC(NCC1CCCO1)c1ccc2c(c1)OCCO2. The molecule has 5 heteroatoms. The van der Waals surface area contributed by atoms with Gasteiger partial charge in [-0.15, -0.1) is 0 Å². The molecular formula is C15H18N2O3. The first-order chi connectivity index (χ1) is 9.86. The largest absolute Gasteiger partial charge is 0.486 e. The number of nitriles is 1. The van der Waals surface area contributed by atoms with Crippen molar-refractivity contribution in [3.63, 3.8) is 0 Å². The molecule has 5 nitrogen and oxygen atoms in total. The van der Waals surface area contributed by atoms with Gasteiger partial charge in [-0.3, -0.25) is 5.32 Å². The molecule has 2 aliphatic rings. The highest BCUT2D eigenvalue weighted by atomic mass is 16.6. The highest BCUT2D eigenvalue weighted by molar-refractivity contribution is 5.45. The highest BCUT2D eigenvalue weighted by Crippen LogP contribution is 2.32. The Kier molecular flexibility index (Phi) is 4.05. The normalized spacial score (nSPS) is 22.2. The smallest absolute Gasteiger partial charge is 0.161 e. The molecule has 0 aliphatic carbocycles. The molecule has 106 valence electrons. The third-order valence-corrected chi connectivity index (χ3v) is 3.60. The summed E-state index contributed by atoms with van der Waals surface area (Å²) in [6, 6.07) is 7.58. The van der Waals surface area contributed by atoms with Gasteiger partial charge in [-0.1, -0.05) is 6.07 Å². The summed E-state index contributed by atoms with van der Waals surface area (Å²) in [5.74, 6) is 1.46. The first-order valence-electron chi connectivity index (χ1n) is 7.01. The number of rotatable bonds is 4. The summed E-state index contributed by atoms with van der Waals surface area (Å²) in [5, 5.41) is 12.6. The zero-order valence-electron chi connectivity index (χ0n) is 11.3. The number of nitrogens with one attached hydrogen (secondary N) is 1. The van der Waals surface area contributed by atoms with Gasteiger partial charge in [0, 0.05) is 13.2 Å². The van der Waals surface area contributed by atoms with Crippen LogP contribution in [0.25, 0.3) is 0 Å². The van der Waals surface area contributed by atoms with E-state index in [-0.39, 0.29) is 12.1 Å². The van der Waals surface area contributed by atoms with Crippen molar-refractivity contribution in [1.29, 1.82) is 5.26 Å². The van der Waals surface area contributed by atoms with E-state index in [1.54, 1.807) is 0 Å². The van der Waals surface area contributed by atoms with E-state index in [2.05, 4.69) is 11.4 Å². The molecule has 1 fully saturated rings. The van der Waals surface area contributed by atoms with Gasteiger partial charge in [-0.2, -0.15) is 5.26 Å². The lowest BCUT2D eigenvalue weighted by atomic mass is 10.1. The molecule has 3 rings (SSSR count). The van der Waals surface area contributed by atoms with Crippen molar-refractivity contribution in [2.24, 2.45) is 0 Å². The van der Waals surface area contributed by atoms with Crippen molar-refractivity contribution in [2.75, 3.05) is 26.4 Å². The van der Waals surface area contributed by atoms with E-state index >= 15 is 0 Å². The number of ether oxygens (including phenoxy) is 3. The lowest BCUT2D eigenvalue weighted by Crippen LogP contribution is -2.29. The van der Waals surface area contributed by atoms with Gasteiger partial charge in [-0.05, 0) is 30.5 Å². The van der Waals surface area contributed by atoms with Gasteiger partial charge in [0.05, 0.1) is 12.2 Å². The molecule has 1 saturated heterocycles. The van der Waals surface area contributed by atoms with Crippen LogP contribution in [0.1, 0.15) is 24.4 Å². The fourth-order valence-corrected chi connectivity index (χ4v) is 2.53. The van der Waals surface area contributed by atoms with Crippen molar-refractivity contribution < 1.29 is 14.2 Å². The summed E-state index contributed by atoms with van der Waals surface area (Å²) in [6.45, 7) is 2.66. The van der Waals surface area contributed by atoms with Gasteiger partial charge in [0.15, 0.2) is 11.5 Å². The van der Waals surface area contributed by atoms with Gasteiger partial charge >= 0.3 is 0 Å². The van der Waals surface area contributed by atoms with E-state index in [9.17, 15) is 5.26 Å². The standard InChI is InChI=1S/C15H18N2O3/c16-9-13(17-10-12-2-1-5-18-12)11-3-4-14-15(8-11)20-7-6-19-14/h3-4,8,12-13,17H,1-2,5-7,10H2. The Labute approximate surface area is 118 Å². The van der Waals surface area contributed by atoms with Crippen molar-refractivity contribution in [3.05, 3.63) is 23.8 Å². The zero-order chi connectivity index (χ0) is 13.8. The first-order valence-corrected chi connectivity index (χ1v) is 7.01. The summed E-state index contributed by atoms with van der Waals surface area (Å²) in [4.78, 5) is 0. The van der Waals surface area contributed by atoms with Crippen LogP contribution in [-0.2, 0) is 4.74 Å². The van der Waals surface area contributed by atoms with E-state index in [4.69, 9.17) is 14.2 Å². The molecule has 0 spiro atoms. The number of nitrogens with zero attached hydrogens (tertiary/aromatic N) is 1. The fourth-order valence-electron chi connectivity index (χ4n) is 2.53. The lowest BCUT2D eigenvalue weighted by molar-refractivity contribution is 0.109.